The van der Waals surface area contributed by atoms with Gasteiger partial charge in [0, 0.05) is 13.0 Å². The first-order chi connectivity index (χ1) is 14.0. The summed E-state index contributed by atoms with van der Waals surface area (Å²) in [5.74, 6) is -0.525. The second-order valence-electron chi connectivity index (χ2n) is 8.04. The number of carbonyl (C=O) groups is 3. The molecule has 29 heavy (non-hydrogen) atoms. The first-order valence-electron chi connectivity index (χ1n) is 10.6. The van der Waals surface area contributed by atoms with Gasteiger partial charge in [0.1, 0.15) is 5.75 Å². The molecule has 0 saturated heterocycles. The van der Waals surface area contributed by atoms with E-state index in [1.165, 1.54) is 44.6 Å². The summed E-state index contributed by atoms with van der Waals surface area (Å²) in [5.41, 5.74) is 6.90. The number of rotatable bonds is 10. The number of aliphatic carboxylic acids is 1. The number of hydrogen-bond acceptors (Lipinski definition) is 5. The second kappa shape index (κ2) is 9.76. The fourth-order valence-electron chi connectivity index (χ4n) is 4.24. The number of hydrogen-bond donors (Lipinski definition) is 2. The highest BCUT2D eigenvalue weighted by molar-refractivity contribution is 6.22. The first-order valence-corrected chi connectivity index (χ1v) is 10.6. The minimum Gasteiger partial charge on any atom is -0.491 e. The molecule has 3 rings (SSSR count). The largest absolute Gasteiger partial charge is 0.491 e. The number of carboxylic acids is 1. The zero-order valence-corrected chi connectivity index (χ0v) is 16.8. The van der Waals surface area contributed by atoms with Crippen LogP contribution in [0.25, 0.3) is 0 Å². The van der Waals surface area contributed by atoms with Gasteiger partial charge in [-0.3, -0.25) is 19.3 Å². The highest BCUT2D eigenvalue weighted by Crippen LogP contribution is 2.32. The Morgan fingerprint density at radius 2 is 1.76 bits per heavy atom. The van der Waals surface area contributed by atoms with Crippen molar-refractivity contribution in [3.8, 4) is 5.75 Å². The lowest BCUT2D eigenvalue weighted by Crippen LogP contribution is -2.31. The molecule has 7 heteroatoms. The number of unbranched alkanes of at least 4 members (excludes halogenated alkanes) is 1. The Morgan fingerprint density at radius 1 is 1.07 bits per heavy atom. The Bertz CT molecular complexity index is 771. The van der Waals surface area contributed by atoms with Crippen molar-refractivity contribution >= 4 is 23.5 Å². The molecule has 0 atom stereocenters. The maximum Gasteiger partial charge on any atom is 0.303 e. The topological polar surface area (TPSA) is 110 Å². The minimum absolute atomic E-state index is 0.0793. The fraction of sp³-hybridized carbons (Fsp3) is 0.591. The van der Waals surface area contributed by atoms with E-state index in [-0.39, 0.29) is 30.5 Å². The molecule has 1 heterocycles. The average molecular weight is 402 g/mol. The van der Waals surface area contributed by atoms with Gasteiger partial charge in [0.2, 0.25) is 0 Å². The van der Waals surface area contributed by atoms with E-state index in [0.29, 0.717) is 18.0 Å². The van der Waals surface area contributed by atoms with Crippen LogP contribution < -0.4 is 10.5 Å². The van der Waals surface area contributed by atoms with Gasteiger partial charge in [-0.2, -0.15) is 0 Å². The lowest BCUT2D eigenvalue weighted by molar-refractivity contribution is -0.137. The van der Waals surface area contributed by atoms with E-state index in [9.17, 15) is 14.4 Å². The van der Waals surface area contributed by atoms with Gasteiger partial charge in [-0.15, -0.1) is 0 Å². The summed E-state index contributed by atoms with van der Waals surface area (Å²) in [4.78, 5) is 36.8. The third-order valence-corrected chi connectivity index (χ3v) is 5.86. The van der Waals surface area contributed by atoms with E-state index in [1.54, 1.807) is 6.07 Å². The summed E-state index contributed by atoms with van der Waals surface area (Å²) < 4.78 is 5.80. The summed E-state index contributed by atoms with van der Waals surface area (Å²) in [6, 6.07) is 3.04. The number of nitrogen functional groups attached to an aromatic ring is 1. The molecule has 0 unspecified atom stereocenters. The lowest BCUT2D eigenvalue weighted by Gasteiger charge is -2.21. The van der Waals surface area contributed by atoms with E-state index in [2.05, 4.69) is 0 Å². The van der Waals surface area contributed by atoms with Gasteiger partial charge in [0.25, 0.3) is 11.8 Å². The van der Waals surface area contributed by atoms with Crippen LogP contribution in [-0.4, -0.2) is 40.9 Å². The third-order valence-electron chi connectivity index (χ3n) is 5.86. The average Bonchev–Trinajstić information content (AvgIpc) is 2.92. The van der Waals surface area contributed by atoms with Crippen LogP contribution in [0.5, 0.6) is 5.75 Å². The maximum atomic E-state index is 12.6. The molecule has 158 valence electrons. The molecular formula is C22H30N2O5. The van der Waals surface area contributed by atoms with Crippen LogP contribution in [0.3, 0.4) is 0 Å². The summed E-state index contributed by atoms with van der Waals surface area (Å²) in [7, 11) is 0. The number of nitrogens with two attached hydrogens (primary N) is 1. The van der Waals surface area contributed by atoms with Gasteiger partial charge in [-0.25, -0.2) is 0 Å². The Balaban J connectivity index is 1.52. The number of amides is 2. The normalized spacial score (nSPS) is 16.9. The molecule has 1 saturated carbocycles. The van der Waals surface area contributed by atoms with Crippen LogP contribution in [-0.2, 0) is 4.79 Å². The second-order valence-corrected chi connectivity index (χ2v) is 8.04. The standard InChI is InChI=1S/C22H30N2O5/c23-18-13-16-17(22(28)24(21(16)27)11-6-10-20(25)26)14-19(18)29-12-5-4-9-15-7-2-1-3-8-15/h13-15H,1-12,23H2,(H,25,26). The molecule has 0 bridgehead atoms. The summed E-state index contributed by atoms with van der Waals surface area (Å²) >= 11 is 0. The van der Waals surface area contributed by atoms with E-state index < -0.39 is 17.8 Å². The lowest BCUT2D eigenvalue weighted by atomic mass is 9.86. The van der Waals surface area contributed by atoms with Crippen LogP contribution in [0.4, 0.5) is 5.69 Å². The molecule has 1 aliphatic heterocycles. The van der Waals surface area contributed by atoms with Crippen molar-refractivity contribution in [1.82, 2.24) is 4.90 Å². The van der Waals surface area contributed by atoms with Gasteiger partial charge in [-0.1, -0.05) is 38.5 Å². The minimum atomic E-state index is -0.954. The zero-order chi connectivity index (χ0) is 20.8. The number of imide groups is 1. The Morgan fingerprint density at radius 3 is 2.45 bits per heavy atom. The third kappa shape index (κ3) is 5.28. The van der Waals surface area contributed by atoms with Crippen LogP contribution >= 0.6 is 0 Å². The van der Waals surface area contributed by atoms with Crippen molar-refractivity contribution in [3.63, 3.8) is 0 Å². The molecule has 7 nitrogen and oxygen atoms in total. The van der Waals surface area contributed by atoms with Crippen LogP contribution in [0.15, 0.2) is 12.1 Å². The van der Waals surface area contributed by atoms with Gasteiger partial charge in [-0.05, 0) is 37.3 Å². The molecule has 1 aliphatic carbocycles. The number of benzene rings is 1. The van der Waals surface area contributed by atoms with Gasteiger partial charge in [0.05, 0.1) is 23.4 Å². The Labute approximate surface area is 171 Å². The quantitative estimate of drug-likeness (QED) is 0.349. The van der Waals surface area contributed by atoms with E-state index in [0.717, 1.165) is 23.7 Å². The molecule has 1 fully saturated rings. The number of nitrogens with zero attached hydrogens (tertiary/aromatic N) is 1. The van der Waals surface area contributed by atoms with Gasteiger partial charge < -0.3 is 15.6 Å². The van der Waals surface area contributed by atoms with Crippen molar-refractivity contribution in [3.05, 3.63) is 23.3 Å². The Kier molecular flexibility index (Phi) is 7.12. The molecule has 0 spiro atoms. The van der Waals surface area contributed by atoms with E-state index in [4.69, 9.17) is 15.6 Å². The maximum absolute atomic E-state index is 12.6. The van der Waals surface area contributed by atoms with Crippen molar-refractivity contribution in [2.75, 3.05) is 18.9 Å². The number of carboxylic acid groups (broad SMARTS) is 1. The number of carbonyl (C=O) groups excluding carboxylic acids is 2. The molecule has 1 aromatic rings. The van der Waals surface area contributed by atoms with Gasteiger partial charge >= 0.3 is 5.97 Å². The highest BCUT2D eigenvalue weighted by atomic mass is 16.5. The Hall–Kier alpha value is -2.57. The number of anilines is 1. The van der Waals surface area contributed by atoms with Crippen molar-refractivity contribution in [1.29, 1.82) is 0 Å². The summed E-state index contributed by atoms with van der Waals surface area (Å²) in [6.45, 7) is 0.607. The van der Waals surface area contributed by atoms with Crippen LogP contribution in [0.1, 0.15) is 84.9 Å². The molecule has 0 radical (unpaired) electrons. The number of fused-ring (bicyclic) bond motifs is 1. The van der Waals surface area contributed by atoms with Crippen LogP contribution in [0.2, 0.25) is 0 Å². The molecule has 3 N–H and O–H groups in total. The molecule has 0 aromatic heterocycles. The predicted molar refractivity (Wildman–Crippen MR) is 109 cm³/mol. The number of ether oxygens (including phenoxy) is 1. The fourth-order valence-corrected chi connectivity index (χ4v) is 4.24. The summed E-state index contributed by atoms with van der Waals surface area (Å²) in [5, 5.41) is 8.74. The van der Waals surface area contributed by atoms with E-state index in [1.807, 2.05) is 0 Å². The highest BCUT2D eigenvalue weighted by Gasteiger charge is 2.36. The first kappa shape index (κ1) is 21.1. The molecule has 2 aliphatic rings. The van der Waals surface area contributed by atoms with E-state index >= 15 is 0 Å². The smallest absolute Gasteiger partial charge is 0.303 e. The van der Waals surface area contributed by atoms with Crippen molar-refractivity contribution < 1.29 is 24.2 Å². The SMILES string of the molecule is Nc1cc2c(cc1OCCCCC1CCCCC1)C(=O)N(CCCC(=O)O)C2=O. The monoisotopic (exact) mass is 402 g/mol. The van der Waals surface area contributed by atoms with Crippen LogP contribution in [0, 0.1) is 5.92 Å². The van der Waals surface area contributed by atoms with Crippen molar-refractivity contribution in [2.24, 2.45) is 5.92 Å². The molecule has 1 aromatic carbocycles. The zero-order valence-electron chi connectivity index (χ0n) is 16.8. The van der Waals surface area contributed by atoms with Crippen molar-refractivity contribution in [2.45, 2.75) is 64.2 Å². The molecule has 2 amide bonds. The predicted octanol–water partition coefficient (Wildman–Crippen LogP) is 3.86. The molecular weight excluding hydrogens is 372 g/mol. The van der Waals surface area contributed by atoms with Gasteiger partial charge in [0.15, 0.2) is 0 Å². The summed E-state index contributed by atoms with van der Waals surface area (Å²) in [6.07, 6.45) is 10.2.